The van der Waals surface area contributed by atoms with Crippen molar-refractivity contribution in [3.63, 3.8) is 0 Å². The number of ketones is 1. The monoisotopic (exact) mass is 455 g/mol. The van der Waals surface area contributed by atoms with Crippen molar-refractivity contribution in [1.29, 1.82) is 5.26 Å². The lowest BCUT2D eigenvalue weighted by Crippen LogP contribution is -2.11. The number of aromatic nitrogens is 1. The Labute approximate surface area is 206 Å². The summed E-state index contributed by atoms with van der Waals surface area (Å²) < 4.78 is 91.8. The number of benzene rings is 2. The van der Waals surface area contributed by atoms with E-state index in [4.69, 9.17) is 17.1 Å². The van der Waals surface area contributed by atoms with Gasteiger partial charge < -0.3 is 15.0 Å². The van der Waals surface area contributed by atoms with Crippen LogP contribution in [0.2, 0.25) is 0 Å². The predicted molar refractivity (Wildman–Crippen MR) is 128 cm³/mol. The lowest BCUT2D eigenvalue weighted by atomic mass is 10.0. The number of aryl methyl sites for hydroxylation is 1. The van der Waals surface area contributed by atoms with Crippen LogP contribution < -0.4 is 10.1 Å². The van der Waals surface area contributed by atoms with Crippen LogP contribution in [-0.2, 0) is 11.2 Å². The SMILES string of the molecule is [2H]/C(=C\C(=O)Cc1c(OCC)c([2H])c2nc([2H])c(C#N)c(Nc3ccc(F)c(C)c3)c2c1[2H])C([2H])([2H])N(C)C([2H])([2H])[2H]. The van der Waals surface area contributed by atoms with Gasteiger partial charge in [0.2, 0.25) is 0 Å². The Morgan fingerprint density at radius 3 is 3.03 bits per heavy atom. The third kappa shape index (κ3) is 5.93. The summed E-state index contributed by atoms with van der Waals surface area (Å²) in [5.41, 5.74) is -0.0410. The van der Waals surface area contributed by atoms with Crippen LogP contribution in [0.25, 0.3) is 10.9 Å². The van der Waals surface area contributed by atoms with E-state index >= 15 is 0 Å². The number of pyridine rings is 1. The highest BCUT2D eigenvalue weighted by atomic mass is 19.1. The first-order chi connectivity index (χ1) is 19.4. The molecule has 1 heterocycles. The van der Waals surface area contributed by atoms with Crippen LogP contribution in [0.4, 0.5) is 15.8 Å². The first-order valence-electron chi connectivity index (χ1n) is 14.4. The number of hydrogen-bond donors (Lipinski definition) is 1. The molecule has 0 saturated carbocycles. The van der Waals surface area contributed by atoms with E-state index in [0.717, 1.165) is 7.05 Å². The van der Waals surface area contributed by atoms with Gasteiger partial charge in [-0.25, -0.2) is 4.39 Å². The van der Waals surface area contributed by atoms with Crippen LogP contribution in [0.5, 0.6) is 5.75 Å². The third-order valence-corrected chi connectivity index (χ3v) is 4.44. The van der Waals surface area contributed by atoms with Crippen LogP contribution in [0.3, 0.4) is 0 Å². The topological polar surface area (TPSA) is 78.2 Å². The van der Waals surface area contributed by atoms with Gasteiger partial charge in [-0.15, -0.1) is 0 Å². The van der Waals surface area contributed by atoms with E-state index in [1.54, 1.807) is 6.92 Å². The lowest BCUT2D eigenvalue weighted by molar-refractivity contribution is -0.114. The zero-order valence-corrected chi connectivity index (χ0v) is 18.3. The van der Waals surface area contributed by atoms with E-state index in [9.17, 15) is 14.4 Å². The van der Waals surface area contributed by atoms with E-state index in [0.29, 0.717) is 16.7 Å². The molecule has 3 aromatic rings. The van der Waals surface area contributed by atoms with E-state index < -0.39 is 43.7 Å². The standard InChI is InChI=1S/C26H27FN4O2/c1-5-33-25-14-24-22(13-18(25)12-21(32)7-6-10-31(3)4)26(19(15-28)16-29-24)30-20-8-9-23(27)17(2)11-20/h6-9,11,13-14,16H,5,10,12H2,1-4H3,(H,29,30)/b7-6+/i3D3,6D,10D2,13D,14D,16D. The highest BCUT2D eigenvalue weighted by Crippen LogP contribution is 2.34. The molecule has 0 amide bonds. The molecule has 0 fully saturated rings. The average molecular weight is 456 g/mol. The number of likely N-dealkylation sites (N-methyl/N-ethyl adjacent to an activating group) is 1. The van der Waals surface area contributed by atoms with E-state index in [1.165, 1.54) is 25.1 Å². The minimum Gasteiger partial charge on any atom is -0.494 e. The molecule has 7 heteroatoms. The van der Waals surface area contributed by atoms with Crippen LogP contribution >= 0.6 is 0 Å². The zero-order chi connectivity index (χ0) is 31.7. The number of rotatable bonds is 9. The molecule has 33 heavy (non-hydrogen) atoms. The van der Waals surface area contributed by atoms with Crippen LogP contribution in [0.1, 0.15) is 36.0 Å². The number of nitriles is 1. The van der Waals surface area contributed by atoms with Crippen molar-refractivity contribution in [2.24, 2.45) is 0 Å². The minimum absolute atomic E-state index is 0.0213. The third-order valence-electron chi connectivity index (χ3n) is 4.44. The van der Waals surface area contributed by atoms with E-state index in [2.05, 4.69) is 10.3 Å². The number of halogens is 1. The molecule has 3 rings (SSSR count). The maximum Gasteiger partial charge on any atom is 0.159 e. The number of ether oxygens (including phenoxy) is 1. The summed E-state index contributed by atoms with van der Waals surface area (Å²) in [6.45, 7) is -2.58. The molecule has 0 atom stereocenters. The highest BCUT2D eigenvalue weighted by Gasteiger charge is 2.16. The Bertz CT molecular complexity index is 1640. The molecule has 1 aromatic heterocycles. The lowest BCUT2D eigenvalue weighted by Gasteiger charge is -2.15. The molecule has 0 aliphatic heterocycles. The molecule has 6 nitrogen and oxygen atoms in total. The van der Waals surface area contributed by atoms with Gasteiger partial charge in [-0.3, -0.25) is 9.78 Å². The minimum atomic E-state index is -2.89. The maximum atomic E-state index is 13.9. The molecule has 0 saturated heterocycles. The van der Waals surface area contributed by atoms with Crippen LogP contribution in [0, 0.1) is 24.1 Å². The molecule has 0 bridgehead atoms. The Hall–Kier alpha value is -3.76. The smallest absolute Gasteiger partial charge is 0.159 e. The fourth-order valence-corrected chi connectivity index (χ4v) is 2.97. The van der Waals surface area contributed by atoms with Gasteiger partial charge in [-0.05, 0) is 63.8 Å². The van der Waals surface area contributed by atoms with Gasteiger partial charge >= 0.3 is 0 Å². The van der Waals surface area contributed by atoms with Gasteiger partial charge in [0.05, 0.1) is 28.9 Å². The molecule has 170 valence electrons. The van der Waals surface area contributed by atoms with Crippen molar-refractivity contribution in [2.45, 2.75) is 20.3 Å². The Morgan fingerprint density at radius 2 is 2.33 bits per heavy atom. The molecular formula is C26H27FN4O2. The number of fused-ring (bicyclic) bond motifs is 1. The summed E-state index contributed by atoms with van der Waals surface area (Å²) in [7, 11) is 0.947. The molecule has 0 unspecified atom stereocenters. The van der Waals surface area contributed by atoms with Crippen molar-refractivity contribution in [3.8, 4) is 11.8 Å². The van der Waals surface area contributed by atoms with Crippen molar-refractivity contribution < 1.29 is 26.3 Å². The van der Waals surface area contributed by atoms with Crippen molar-refractivity contribution in [3.05, 3.63) is 71.1 Å². The summed E-state index contributed by atoms with van der Waals surface area (Å²) in [5.74, 6) is -1.56. The fourth-order valence-electron chi connectivity index (χ4n) is 2.97. The van der Waals surface area contributed by atoms with Crippen molar-refractivity contribution in [2.75, 3.05) is 32.4 Å². The van der Waals surface area contributed by atoms with Gasteiger partial charge in [0.25, 0.3) is 0 Å². The molecule has 0 radical (unpaired) electrons. The summed E-state index contributed by atoms with van der Waals surface area (Å²) in [6.07, 6.45) is -0.531. The van der Waals surface area contributed by atoms with Crippen LogP contribution in [-0.4, -0.2) is 42.8 Å². The number of anilines is 2. The normalized spacial score (nSPS) is 16.2. The van der Waals surface area contributed by atoms with Crippen molar-refractivity contribution >= 4 is 28.1 Å². The first-order valence-corrected chi connectivity index (χ1v) is 9.93. The summed E-state index contributed by atoms with van der Waals surface area (Å²) in [6, 6.07) is 4.17. The number of carbonyl (C=O) groups is 1. The predicted octanol–water partition coefficient (Wildman–Crippen LogP) is 4.93. The number of hydrogen-bond acceptors (Lipinski definition) is 6. The first kappa shape index (κ1) is 14.4. The van der Waals surface area contributed by atoms with Crippen molar-refractivity contribution in [1.82, 2.24) is 9.88 Å². The maximum absolute atomic E-state index is 13.9. The highest BCUT2D eigenvalue weighted by molar-refractivity contribution is 5.98. The van der Waals surface area contributed by atoms with Gasteiger partial charge in [0.1, 0.15) is 17.6 Å². The molecule has 1 N–H and O–H groups in total. The second-order valence-corrected chi connectivity index (χ2v) is 6.99. The molecule has 0 aliphatic rings. The van der Waals surface area contributed by atoms with Gasteiger partial charge in [0, 0.05) is 48.6 Å². The fraction of sp³-hybridized carbons (Fsp3) is 0.269. The summed E-state index contributed by atoms with van der Waals surface area (Å²) >= 11 is 0. The number of allylic oxidation sites excluding steroid dienone is 1. The van der Waals surface area contributed by atoms with Gasteiger partial charge in [0.15, 0.2) is 5.78 Å². The second kappa shape index (κ2) is 10.7. The van der Waals surface area contributed by atoms with E-state index in [-0.39, 0.29) is 57.7 Å². The molecular weight excluding hydrogens is 419 g/mol. The Morgan fingerprint density at radius 1 is 1.52 bits per heavy atom. The number of nitrogens with zero attached hydrogens (tertiary/aromatic N) is 3. The average Bonchev–Trinajstić information content (AvgIpc) is 2.90. The number of nitrogens with one attached hydrogen (secondary N) is 1. The van der Waals surface area contributed by atoms with Gasteiger partial charge in [-0.1, -0.05) is 6.05 Å². The van der Waals surface area contributed by atoms with Crippen LogP contribution in [0.15, 0.2) is 48.6 Å². The molecule has 2 aromatic carbocycles. The Balaban J connectivity index is 2.25. The summed E-state index contributed by atoms with van der Waals surface area (Å²) in [5, 5.41) is 12.7. The number of carbonyl (C=O) groups excluding carboxylic acids is 1. The molecule has 0 aliphatic carbocycles. The summed E-state index contributed by atoms with van der Waals surface area (Å²) in [4.78, 5) is 17.4. The molecule has 0 spiro atoms. The second-order valence-electron chi connectivity index (χ2n) is 6.99. The quantitative estimate of drug-likeness (QED) is 0.461. The van der Waals surface area contributed by atoms with Gasteiger partial charge in [-0.2, -0.15) is 5.26 Å². The largest absolute Gasteiger partial charge is 0.494 e. The van der Waals surface area contributed by atoms with E-state index in [1.807, 2.05) is 6.07 Å². The zero-order valence-electron chi connectivity index (χ0n) is 27.3. The Kier molecular flexibility index (Phi) is 4.67.